The first-order valence-electron chi connectivity index (χ1n) is 7.35. The zero-order chi connectivity index (χ0) is 13.9. The molecule has 1 fully saturated rings. The Balaban J connectivity index is 1.93. The van der Waals surface area contributed by atoms with Gasteiger partial charge in [0, 0.05) is 19.1 Å². The minimum absolute atomic E-state index is 0.548. The van der Waals surface area contributed by atoms with Gasteiger partial charge < -0.3 is 14.7 Å². The van der Waals surface area contributed by atoms with E-state index in [0.29, 0.717) is 11.8 Å². The Morgan fingerprint density at radius 1 is 1.45 bits per heavy atom. The van der Waals surface area contributed by atoms with E-state index in [0.717, 1.165) is 43.0 Å². The quantitative estimate of drug-likeness (QED) is 0.899. The third-order valence-corrected chi connectivity index (χ3v) is 3.82. The number of anilines is 1. The number of aryl methyl sites for hydroxylation is 1. The lowest BCUT2D eigenvalue weighted by Gasteiger charge is -2.26. The van der Waals surface area contributed by atoms with Gasteiger partial charge in [0.25, 0.3) is 5.71 Å². The molecule has 2 aromatic heterocycles. The maximum absolute atomic E-state index is 5.24. The van der Waals surface area contributed by atoms with Crippen molar-refractivity contribution in [1.82, 2.24) is 20.4 Å². The molecule has 1 unspecified atom stereocenters. The molecule has 2 aromatic rings. The predicted molar refractivity (Wildman–Crippen MR) is 77.9 cm³/mol. The van der Waals surface area contributed by atoms with Gasteiger partial charge in [0.05, 0.1) is 5.69 Å². The van der Waals surface area contributed by atoms with Gasteiger partial charge in [-0.25, -0.2) is 4.98 Å². The van der Waals surface area contributed by atoms with Crippen LogP contribution in [0.25, 0.3) is 11.1 Å². The van der Waals surface area contributed by atoms with Crippen LogP contribution in [0.3, 0.4) is 0 Å². The second-order valence-corrected chi connectivity index (χ2v) is 5.38. The molecule has 0 aliphatic carbocycles. The minimum atomic E-state index is 0.548. The van der Waals surface area contributed by atoms with Crippen molar-refractivity contribution in [2.75, 3.05) is 24.5 Å². The normalized spacial score (nSPS) is 18.8. The van der Waals surface area contributed by atoms with Crippen molar-refractivity contribution in [2.45, 2.75) is 39.2 Å². The van der Waals surface area contributed by atoms with Gasteiger partial charge >= 0.3 is 0 Å². The van der Waals surface area contributed by atoms with Gasteiger partial charge in [0.1, 0.15) is 17.5 Å². The molecule has 0 radical (unpaired) electrons. The zero-order valence-electron chi connectivity index (χ0n) is 12.1. The summed E-state index contributed by atoms with van der Waals surface area (Å²) in [6.07, 6.45) is 5.14. The smallest absolute Gasteiger partial charge is 0.263 e. The molecular formula is C14H21N5O. The highest BCUT2D eigenvalue weighted by atomic mass is 16.5. The van der Waals surface area contributed by atoms with Gasteiger partial charge in [-0.15, -0.1) is 0 Å². The maximum atomic E-state index is 5.24. The van der Waals surface area contributed by atoms with E-state index in [4.69, 9.17) is 4.52 Å². The summed E-state index contributed by atoms with van der Waals surface area (Å²) in [5.41, 5.74) is 1.43. The molecule has 108 valence electrons. The highest BCUT2D eigenvalue weighted by Crippen LogP contribution is 2.26. The first kappa shape index (κ1) is 13.3. The molecule has 0 spiro atoms. The molecule has 1 atom stereocenters. The van der Waals surface area contributed by atoms with Crippen molar-refractivity contribution in [3.05, 3.63) is 12.0 Å². The van der Waals surface area contributed by atoms with Crippen LogP contribution in [0.15, 0.2) is 10.9 Å². The van der Waals surface area contributed by atoms with Gasteiger partial charge in [-0.05, 0) is 32.7 Å². The fourth-order valence-corrected chi connectivity index (χ4v) is 2.88. The Kier molecular flexibility index (Phi) is 3.82. The molecule has 20 heavy (non-hydrogen) atoms. The molecule has 1 N–H and O–H groups in total. The van der Waals surface area contributed by atoms with Gasteiger partial charge in [-0.2, -0.15) is 4.98 Å². The zero-order valence-corrected chi connectivity index (χ0v) is 12.1. The van der Waals surface area contributed by atoms with Crippen LogP contribution in [0.4, 0.5) is 5.82 Å². The monoisotopic (exact) mass is 275 g/mol. The standard InChI is InChI=1S/C14H21N5O/c1-3-7-19(8-11-5-4-6-15-11)13-12-10(2)18-20-14(12)17-9-16-13/h9,11,15H,3-8H2,1-2H3. The Labute approximate surface area is 118 Å². The number of hydrogen-bond donors (Lipinski definition) is 1. The van der Waals surface area contributed by atoms with Crippen LogP contribution in [0.5, 0.6) is 0 Å². The lowest BCUT2D eigenvalue weighted by Crippen LogP contribution is -2.38. The summed E-state index contributed by atoms with van der Waals surface area (Å²) >= 11 is 0. The number of hydrogen-bond acceptors (Lipinski definition) is 6. The second-order valence-electron chi connectivity index (χ2n) is 5.38. The lowest BCUT2D eigenvalue weighted by atomic mass is 10.2. The van der Waals surface area contributed by atoms with E-state index in [-0.39, 0.29) is 0 Å². The van der Waals surface area contributed by atoms with E-state index in [2.05, 4.69) is 32.3 Å². The van der Waals surface area contributed by atoms with E-state index < -0.39 is 0 Å². The van der Waals surface area contributed by atoms with Crippen LogP contribution < -0.4 is 10.2 Å². The summed E-state index contributed by atoms with van der Waals surface area (Å²) < 4.78 is 5.24. The molecule has 0 aromatic carbocycles. The average Bonchev–Trinajstić information content (AvgIpc) is 3.09. The van der Waals surface area contributed by atoms with E-state index in [1.54, 1.807) is 6.33 Å². The average molecular weight is 275 g/mol. The van der Waals surface area contributed by atoms with Crippen LogP contribution in [0, 0.1) is 6.92 Å². The number of fused-ring (bicyclic) bond motifs is 1. The van der Waals surface area contributed by atoms with Gasteiger partial charge in [0.2, 0.25) is 0 Å². The van der Waals surface area contributed by atoms with Gasteiger partial charge in [-0.1, -0.05) is 12.1 Å². The fourth-order valence-electron chi connectivity index (χ4n) is 2.88. The highest BCUT2D eigenvalue weighted by molar-refractivity contribution is 5.87. The van der Waals surface area contributed by atoms with Crippen molar-refractivity contribution in [3.63, 3.8) is 0 Å². The molecule has 1 aliphatic heterocycles. The van der Waals surface area contributed by atoms with Crippen molar-refractivity contribution in [1.29, 1.82) is 0 Å². The first-order chi connectivity index (χ1) is 9.79. The number of aromatic nitrogens is 3. The second kappa shape index (κ2) is 5.75. The number of nitrogens with one attached hydrogen (secondary N) is 1. The number of nitrogens with zero attached hydrogens (tertiary/aromatic N) is 4. The summed E-state index contributed by atoms with van der Waals surface area (Å²) in [5, 5.41) is 8.50. The summed E-state index contributed by atoms with van der Waals surface area (Å²) in [6, 6.07) is 0.548. The summed E-state index contributed by atoms with van der Waals surface area (Å²) in [4.78, 5) is 11.0. The summed E-state index contributed by atoms with van der Waals surface area (Å²) in [5.74, 6) is 0.948. The van der Waals surface area contributed by atoms with Crippen molar-refractivity contribution < 1.29 is 4.52 Å². The van der Waals surface area contributed by atoms with E-state index >= 15 is 0 Å². The van der Waals surface area contributed by atoms with Crippen LogP contribution in [-0.2, 0) is 0 Å². The van der Waals surface area contributed by atoms with Crippen LogP contribution in [0.1, 0.15) is 31.9 Å². The van der Waals surface area contributed by atoms with E-state index in [9.17, 15) is 0 Å². The summed E-state index contributed by atoms with van der Waals surface area (Å²) in [7, 11) is 0. The van der Waals surface area contributed by atoms with E-state index in [1.807, 2.05) is 6.92 Å². The first-order valence-corrected chi connectivity index (χ1v) is 7.35. The molecule has 0 amide bonds. The third-order valence-electron chi connectivity index (χ3n) is 3.82. The Hall–Kier alpha value is -1.69. The molecule has 0 saturated carbocycles. The van der Waals surface area contributed by atoms with Crippen LogP contribution in [-0.4, -0.2) is 40.8 Å². The highest BCUT2D eigenvalue weighted by Gasteiger charge is 2.22. The van der Waals surface area contributed by atoms with Crippen LogP contribution >= 0.6 is 0 Å². The lowest BCUT2D eigenvalue weighted by molar-refractivity contribution is 0.442. The molecule has 0 bridgehead atoms. The van der Waals surface area contributed by atoms with Crippen molar-refractivity contribution in [3.8, 4) is 0 Å². The molecule has 6 nitrogen and oxygen atoms in total. The Morgan fingerprint density at radius 2 is 2.35 bits per heavy atom. The molecule has 6 heteroatoms. The van der Waals surface area contributed by atoms with E-state index in [1.165, 1.54) is 12.8 Å². The molecular weight excluding hydrogens is 254 g/mol. The van der Waals surface area contributed by atoms with Crippen LogP contribution in [0.2, 0.25) is 0 Å². The maximum Gasteiger partial charge on any atom is 0.263 e. The molecule has 3 rings (SSSR count). The molecule has 3 heterocycles. The third kappa shape index (κ3) is 2.47. The Bertz CT molecular complexity index is 576. The molecule has 1 aliphatic rings. The predicted octanol–water partition coefficient (Wildman–Crippen LogP) is 1.89. The minimum Gasteiger partial charge on any atom is -0.354 e. The van der Waals surface area contributed by atoms with Gasteiger partial charge in [0.15, 0.2) is 0 Å². The van der Waals surface area contributed by atoms with Gasteiger partial charge in [-0.3, -0.25) is 0 Å². The number of rotatable bonds is 5. The summed E-state index contributed by atoms with van der Waals surface area (Å²) in [6.45, 7) is 7.21. The van der Waals surface area contributed by atoms with Crippen molar-refractivity contribution >= 4 is 16.9 Å². The largest absolute Gasteiger partial charge is 0.354 e. The SMILES string of the molecule is CCCN(CC1CCCN1)c1ncnc2onc(C)c12. The molecule has 1 saturated heterocycles. The van der Waals surface area contributed by atoms with Crippen molar-refractivity contribution in [2.24, 2.45) is 0 Å². The topological polar surface area (TPSA) is 67.1 Å². The Morgan fingerprint density at radius 3 is 3.10 bits per heavy atom. The fraction of sp³-hybridized carbons (Fsp3) is 0.643.